The number of benzene rings is 3. The molecular formula is C52H72BrIN4O2. The van der Waals surface area contributed by atoms with Crippen molar-refractivity contribution in [2.75, 3.05) is 0 Å². The Balaban J connectivity index is 1.41. The van der Waals surface area contributed by atoms with Crippen LogP contribution in [-0.4, -0.2) is 20.6 Å². The van der Waals surface area contributed by atoms with Gasteiger partial charge in [-0.25, -0.2) is 9.26 Å². The minimum Gasteiger partial charge on any atom is -0.243 e. The van der Waals surface area contributed by atoms with Crippen LogP contribution in [0.2, 0.25) is 0 Å². The molecule has 2 aliphatic carbocycles. The quantitative estimate of drug-likeness (QED) is 0.0367. The van der Waals surface area contributed by atoms with Gasteiger partial charge in [0, 0.05) is 30.0 Å². The Morgan fingerprint density at radius 2 is 0.750 bits per heavy atom. The van der Waals surface area contributed by atoms with Crippen molar-refractivity contribution < 1.29 is 9.26 Å². The summed E-state index contributed by atoms with van der Waals surface area (Å²) in [7, 11) is 0. The third-order valence-electron chi connectivity index (χ3n) is 14.6. The molecule has 0 saturated carbocycles. The smallest absolute Gasteiger partial charge is 0.150 e. The van der Waals surface area contributed by atoms with Crippen LogP contribution in [0.1, 0.15) is 230 Å². The Morgan fingerprint density at radius 3 is 1.17 bits per heavy atom. The zero-order valence-electron chi connectivity index (χ0n) is 37.5. The van der Waals surface area contributed by atoms with Crippen molar-refractivity contribution in [1.29, 1.82) is 0 Å². The molecule has 2 aromatic heterocycles. The van der Waals surface area contributed by atoms with Gasteiger partial charge in [0.1, 0.15) is 22.1 Å². The highest BCUT2D eigenvalue weighted by Gasteiger charge is 2.50. The van der Waals surface area contributed by atoms with Crippen LogP contribution < -0.4 is 0 Å². The van der Waals surface area contributed by atoms with Crippen LogP contribution in [0.25, 0.3) is 44.3 Å². The Kier molecular flexibility index (Phi) is 16.6. The van der Waals surface area contributed by atoms with E-state index in [1.807, 2.05) is 0 Å². The Morgan fingerprint density at radius 1 is 0.417 bits per heavy atom. The molecule has 2 heterocycles. The second-order valence-corrected chi connectivity index (χ2v) is 20.7. The van der Waals surface area contributed by atoms with Crippen molar-refractivity contribution in [3.05, 3.63) is 54.6 Å². The molecule has 0 amide bonds. The summed E-state index contributed by atoms with van der Waals surface area (Å²) in [4.78, 5) is 0. The molecule has 6 nitrogen and oxygen atoms in total. The van der Waals surface area contributed by atoms with E-state index in [1.54, 1.807) is 0 Å². The van der Waals surface area contributed by atoms with Crippen LogP contribution in [0.4, 0.5) is 0 Å². The molecule has 60 heavy (non-hydrogen) atoms. The van der Waals surface area contributed by atoms with Gasteiger partial charge in [-0.1, -0.05) is 182 Å². The highest BCUT2D eigenvalue weighted by atomic mass is 127. The number of fused-ring (bicyclic) bond motifs is 10. The van der Waals surface area contributed by atoms with Crippen molar-refractivity contribution in [3.8, 4) is 22.3 Å². The molecular weight excluding hydrogens is 919 g/mol. The lowest BCUT2D eigenvalue weighted by molar-refractivity contribution is 0.315. The zero-order valence-corrected chi connectivity index (χ0v) is 41.2. The SMILES string of the molecule is CCCCCCCCC1(CCCCCCCC)c2cc3c(cc2-c2c1cc(Br)c1nonc21)C(CCCCCCCC)(CCCCCCCC)c1cc(I)c2nonc2c1-3. The van der Waals surface area contributed by atoms with Gasteiger partial charge in [-0.3, -0.25) is 0 Å². The lowest BCUT2D eigenvalue weighted by Gasteiger charge is -2.35. The lowest BCUT2D eigenvalue weighted by atomic mass is 9.68. The molecule has 0 N–H and O–H groups in total. The number of hydrogen-bond acceptors (Lipinski definition) is 6. The minimum absolute atomic E-state index is 0.108. The third kappa shape index (κ3) is 9.31. The van der Waals surface area contributed by atoms with Gasteiger partial charge in [0.05, 0.1) is 0 Å². The number of hydrogen-bond donors (Lipinski definition) is 0. The fraction of sp³-hybridized carbons (Fsp3) is 0.654. The fourth-order valence-electron chi connectivity index (χ4n) is 11.4. The number of unbranched alkanes of at least 4 members (excludes halogenated alkanes) is 20. The van der Waals surface area contributed by atoms with Crippen molar-refractivity contribution >= 4 is 60.6 Å². The topological polar surface area (TPSA) is 77.8 Å². The summed E-state index contributed by atoms with van der Waals surface area (Å²) in [6.07, 6.45) is 35.5. The summed E-state index contributed by atoms with van der Waals surface area (Å²) in [5.41, 5.74) is 14.4. The van der Waals surface area contributed by atoms with E-state index in [-0.39, 0.29) is 10.8 Å². The highest BCUT2D eigenvalue weighted by molar-refractivity contribution is 14.1. The van der Waals surface area contributed by atoms with Gasteiger partial charge in [0.15, 0.2) is 0 Å². The van der Waals surface area contributed by atoms with Crippen molar-refractivity contribution in [3.63, 3.8) is 0 Å². The van der Waals surface area contributed by atoms with E-state index in [4.69, 9.17) is 19.6 Å². The first-order valence-electron chi connectivity index (χ1n) is 24.6. The molecule has 0 aliphatic heterocycles. The van der Waals surface area contributed by atoms with E-state index in [9.17, 15) is 0 Å². The molecule has 0 unspecified atom stereocenters. The first kappa shape index (κ1) is 45.7. The molecule has 0 fully saturated rings. The van der Waals surface area contributed by atoms with Gasteiger partial charge < -0.3 is 0 Å². The van der Waals surface area contributed by atoms with Crippen LogP contribution in [-0.2, 0) is 10.8 Å². The first-order chi connectivity index (χ1) is 29.5. The Labute approximate surface area is 383 Å². The monoisotopic (exact) mass is 990 g/mol. The third-order valence-corrected chi connectivity index (χ3v) is 16.0. The molecule has 0 atom stereocenters. The van der Waals surface area contributed by atoms with Gasteiger partial charge in [-0.2, -0.15) is 0 Å². The normalized spacial score (nSPS) is 14.6. The predicted molar refractivity (Wildman–Crippen MR) is 262 cm³/mol. The maximum Gasteiger partial charge on any atom is 0.150 e. The van der Waals surface area contributed by atoms with Crippen LogP contribution >= 0.6 is 38.5 Å². The van der Waals surface area contributed by atoms with Crippen LogP contribution in [0.15, 0.2) is 38.0 Å². The number of rotatable bonds is 28. The van der Waals surface area contributed by atoms with Gasteiger partial charge in [0.25, 0.3) is 0 Å². The van der Waals surface area contributed by atoms with Crippen molar-refractivity contribution in [1.82, 2.24) is 20.6 Å². The van der Waals surface area contributed by atoms with Crippen molar-refractivity contribution in [2.45, 2.75) is 218 Å². The molecule has 8 heteroatoms. The van der Waals surface area contributed by atoms with Crippen molar-refractivity contribution in [2.24, 2.45) is 0 Å². The molecule has 5 aromatic rings. The largest absolute Gasteiger partial charge is 0.243 e. The number of aromatic nitrogens is 4. The fourth-order valence-corrected chi connectivity index (χ4v) is 12.5. The van der Waals surface area contributed by atoms with Gasteiger partial charge in [-0.05, 0) is 142 Å². The summed E-state index contributed by atoms with van der Waals surface area (Å²) < 4.78 is 13.3. The Hall–Kier alpha value is -2.33. The lowest BCUT2D eigenvalue weighted by Crippen LogP contribution is -2.27. The average Bonchev–Trinajstić information content (AvgIpc) is 4.04. The van der Waals surface area contributed by atoms with Crippen LogP contribution in [0, 0.1) is 3.57 Å². The number of halogens is 2. The van der Waals surface area contributed by atoms with Gasteiger partial charge in [-0.15, -0.1) is 0 Å². The maximum atomic E-state index is 5.61. The first-order valence-corrected chi connectivity index (χ1v) is 26.4. The molecule has 7 rings (SSSR count). The zero-order chi connectivity index (χ0) is 42.0. The summed E-state index contributed by atoms with van der Waals surface area (Å²) in [6, 6.07) is 10.2. The maximum absolute atomic E-state index is 5.61. The van der Waals surface area contributed by atoms with Gasteiger partial charge in [0.2, 0.25) is 0 Å². The molecule has 0 bridgehead atoms. The van der Waals surface area contributed by atoms with E-state index in [0.29, 0.717) is 0 Å². The van der Waals surface area contributed by atoms with E-state index in [2.05, 4.69) is 101 Å². The number of nitrogens with zero attached hydrogens (tertiary/aromatic N) is 4. The Bertz CT molecular complexity index is 1970. The standard InChI is InChI=1S/C52H72BrIN4O2/c1-5-9-13-17-21-25-29-51(30-26-22-18-14-10-6-2)39-34-38-40(33-37(39)45-41(51)35-43(53)47-49(45)57-59-55-47)52(31-27-23-19-15-11-7-3,32-28-24-20-16-12-8-4)42-36-44(54)48-50(46(38)42)58-60-56-48/h33-36H,5-32H2,1-4H3. The average molecular weight is 992 g/mol. The summed E-state index contributed by atoms with van der Waals surface area (Å²) in [6.45, 7) is 9.26. The summed E-state index contributed by atoms with van der Waals surface area (Å²) in [5, 5.41) is 18.4. The minimum atomic E-state index is -0.126. The molecule has 3 aromatic carbocycles. The molecule has 0 spiro atoms. The summed E-state index contributed by atoms with van der Waals surface area (Å²) in [5.74, 6) is 0. The second-order valence-electron chi connectivity index (χ2n) is 18.7. The molecule has 0 radical (unpaired) electrons. The molecule has 326 valence electrons. The van der Waals surface area contributed by atoms with Crippen LogP contribution in [0.3, 0.4) is 0 Å². The molecule has 2 aliphatic rings. The van der Waals surface area contributed by atoms with E-state index < -0.39 is 0 Å². The van der Waals surface area contributed by atoms with E-state index >= 15 is 0 Å². The second kappa shape index (κ2) is 21.8. The highest BCUT2D eigenvalue weighted by Crippen LogP contribution is 2.63. The summed E-state index contributed by atoms with van der Waals surface area (Å²) >= 11 is 6.48. The van der Waals surface area contributed by atoms with E-state index in [1.165, 1.54) is 199 Å². The van der Waals surface area contributed by atoms with E-state index in [0.717, 1.165) is 55.8 Å². The molecule has 0 saturated heterocycles. The predicted octanol–water partition coefficient (Wildman–Crippen LogP) is 17.7. The van der Waals surface area contributed by atoms with Crippen LogP contribution in [0.5, 0.6) is 0 Å². The van der Waals surface area contributed by atoms with Gasteiger partial charge >= 0.3 is 0 Å².